The number of benzene rings is 1. The summed E-state index contributed by atoms with van der Waals surface area (Å²) < 4.78 is 0. The molecule has 4 nitrogen and oxygen atoms in total. The van der Waals surface area contributed by atoms with Crippen LogP contribution in [0.15, 0.2) is 36.5 Å². The molecule has 1 atom stereocenters. The average Bonchev–Trinajstić information content (AvgIpc) is 2.46. The molecule has 0 fully saturated rings. The van der Waals surface area contributed by atoms with Crippen LogP contribution in [0.4, 0.5) is 5.82 Å². The molecule has 2 aromatic rings. The van der Waals surface area contributed by atoms with Crippen molar-refractivity contribution in [2.75, 3.05) is 11.4 Å². The summed E-state index contributed by atoms with van der Waals surface area (Å²) in [6.45, 7) is 3.42. The van der Waals surface area contributed by atoms with Crippen LogP contribution in [0.2, 0.25) is 0 Å². The maximum absolute atomic E-state index is 5.94. The highest BCUT2D eigenvalue weighted by atomic mass is 15.2. The summed E-state index contributed by atoms with van der Waals surface area (Å²) in [5, 5.41) is 0. The molecule has 0 saturated carbocycles. The summed E-state index contributed by atoms with van der Waals surface area (Å²) in [4.78, 5) is 11.0. The van der Waals surface area contributed by atoms with Crippen LogP contribution >= 0.6 is 0 Å². The smallest absolute Gasteiger partial charge is 0.132 e. The normalized spacial score (nSPS) is 18.2. The first kappa shape index (κ1) is 12.1. The molecule has 1 aliphatic rings. The van der Waals surface area contributed by atoms with Crippen molar-refractivity contribution in [3.8, 4) is 0 Å². The predicted molar refractivity (Wildman–Crippen MR) is 75.9 cm³/mol. The molecule has 98 valence electrons. The first-order valence-electron chi connectivity index (χ1n) is 6.61. The van der Waals surface area contributed by atoms with Crippen molar-refractivity contribution in [1.82, 2.24) is 9.97 Å². The van der Waals surface area contributed by atoms with E-state index in [9.17, 15) is 0 Å². The monoisotopic (exact) mass is 254 g/mol. The van der Waals surface area contributed by atoms with E-state index >= 15 is 0 Å². The predicted octanol–water partition coefficient (Wildman–Crippen LogP) is 1.68. The number of nitrogens with two attached hydrogens (primary N) is 1. The van der Waals surface area contributed by atoms with Crippen molar-refractivity contribution in [2.24, 2.45) is 5.73 Å². The number of aromatic nitrogens is 2. The Kier molecular flexibility index (Phi) is 3.17. The maximum atomic E-state index is 5.94. The van der Waals surface area contributed by atoms with Crippen molar-refractivity contribution in [1.29, 1.82) is 0 Å². The number of fused-ring (bicyclic) bond motifs is 1. The largest absolute Gasteiger partial charge is 0.348 e. The van der Waals surface area contributed by atoms with E-state index in [1.807, 2.05) is 19.2 Å². The summed E-state index contributed by atoms with van der Waals surface area (Å²) in [7, 11) is 0. The van der Waals surface area contributed by atoms with Crippen molar-refractivity contribution in [3.05, 3.63) is 53.5 Å². The fourth-order valence-electron chi connectivity index (χ4n) is 2.67. The zero-order valence-corrected chi connectivity index (χ0v) is 11.1. The molecule has 4 heteroatoms. The summed E-state index contributed by atoms with van der Waals surface area (Å²) in [6, 6.07) is 10.8. The zero-order chi connectivity index (χ0) is 13.2. The van der Waals surface area contributed by atoms with Gasteiger partial charge in [-0.15, -0.1) is 0 Å². The van der Waals surface area contributed by atoms with Crippen LogP contribution in [0, 0.1) is 6.92 Å². The van der Waals surface area contributed by atoms with Crippen LogP contribution in [-0.4, -0.2) is 22.6 Å². The fraction of sp³-hybridized carbons (Fsp3) is 0.333. The first-order valence-corrected chi connectivity index (χ1v) is 6.61. The lowest BCUT2D eigenvalue weighted by molar-refractivity contribution is 0.554. The Hall–Kier alpha value is -1.94. The van der Waals surface area contributed by atoms with Gasteiger partial charge in [0.2, 0.25) is 0 Å². The van der Waals surface area contributed by atoms with Gasteiger partial charge in [0.15, 0.2) is 0 Å². The van der Waals surface area contributed by atoms with Gasteiger partial charge in [0, 0.05) is 25.3 Å². The standard InChI is InChI=1S/C15H18N4/c1-11-17-7-6-15(18-11)19-10-13-5-3-2-4-12(13)8-14(19)9-16/h2-7,14H,8-10,16H2,1H3. The zero-order valence-electron chi connectivity index (χ0n) is 11.1. The molecule has 0 spiro atoms. The maximum Gasteiger partial charge on any atom is 0.132 e. The van der Waals surface area contributed by atoms with Gasteiger partial charge >= 0.3 is 0 Å². The second-order valence-electron chi connectivity index (χ2n) is 4.95. The molecule has 0 aliphatic carbocycles. The number of anilines is 1. The summed E-state index contributed by atoms with van der Waals surface area (Å²) in [5.74, 6) is 1.77. The van der Waals surface area contributed by atoms with E-state index in [-0.39, 0.29) is 0 Å². The lowest BCUT2D eigenvalue weighted by Crippen LogP contribution is -2.45. The highest BCUT2D eigenvalue weighted by Gasteiger charge is 2.25. The van der Waals surface area contributed by atoms with Gasteiger partial charge in [-0.3, -0.25) is 0 Å². The van der Waals surface area contributed by atoms with Crippen molar-refractivity contribution in [2.45, 2.75) is 25.9 Å². The summed E-state index contributed by atoms with van der Waals surface area (Å²) >= 11 is 0. The minimum atomic E-state index is 0.309. The van der Waals surface area contributed by atoms with Crippen LogP contribution in [0.5, 0.6) is 0 Å². The topological polar surface area (TPSA) is 55.0 Å². The van der Waals surface area contributed by atoms with Gasteiger partial charge in [0.25, 0.3) is 0 Å². The third-order valence-electron chi connectivity index (χ3n) is 3.68. The molecule has 0 amide bonds. The Morgan fingerprint density at radius 2 is 2.05 bits per heavy atom. The van der Waals surface area contributed by atoms with Crippen molar-refractivity contribution in [3.63, 3.8) is 0 Å². The van der Waals surface area contributed by atoms with Gasteiger partial charge in [-0.2, -0.15) is 0 Å². The molecule has 2 N–H and O–H groups in total. The molecule has 2 heterocycles. The van der Waals surface area contributed by atoms with Gasteiger partial charge in [-0.05, 0) is 30.5 Å². The van der Waals surface area contributed by atoms with Crippen molar-refractivity contribution < 1.29 is 0 Å². The average molecular weight is 254 g/mol. The Labute approximate surface area is 113 Å². The molecule has 1 unspecified atom stereocenters. The molecule has 19 heavy (non-hydrogen) atoms. The Bertz CT molecular complexity index is 582. The Morgan fingerprint density at radius 1 is 1.26 bits per heavy atom. The minimum absolute atomic E-state index is 0.309. The Morgan fingerprint density at radius 3 is 2.79 bits per heavy atom. The number of rotatable bonds is 2. The second-order valence-corrected chi connectivity index (χ2v) is 4.95. The fourth-order valence-corrected chi connectivity index (χ4v) is 2.67. The summed E-state index contributed by atoms with van der Waals surface area (Å²) in [6.07, 6.45) is 2.79. The van der Waals surface area contributed by atoms with E-state index in [1.165, 1.54) is 11.1 Å². The van der Waals surface area contributed by atoms with Gasteiger partial charge in [-0.1, -0.05) is 24.3 Å². The molecule has 3 rings (SSSR count). The van der Waals surface area contributed by atoms with E-state index in [1.54, 1.807) is 0 Å². The van der Waals surface area contributed by atoms with Gasteiger partial charge in [0.1, 0.15) is 11.6 Å². The third-order valence-corrected chi connectivity index (χ3v) is 3.68. The Balaban J connectivity index is 1.97. The molecule has 1 aliphatic heterocycles. The second kappa shape index (κ2) is 4.97. The van der Waals surface area contributed by atoms with Gasteiger partial charge in [0.05, 0.1) is 0 Å². The van der Waals surface area contributed by atoms with Crippen LogP contribution in [0.3, 0.4) is 0 Å². The molecular formula is C15H18N4. The van der Waals surface area contributed by atoms with Crippen molar-refractivity contribution >= 4 is 5.82 Å². The van der Waals surface area contributed by atoms with Crippen LogP contribution in [-0.2, 0) is 13.0 Å². The summed E-state index contributed by atoms with van der Waals surface area (Å²) in [5.41, 5.74) is 8.71. The molecule has 0 saturated heterocycles. The van der Waals surface area contributed by atoms with E-state index < -0.39 is 0 Å². The lowest BCUT2D eigenvalue weighted by Gasteiger charge is -2.37. The van der Waals surface area contributed by atoms with Crippen LogP contribution in [0.25, 0.3) is 0 Å². The molecular weight excluding hydrogens is 236 g/mol. The minimum Gasteiger partial charge on any atom is -0.348 e. The van der Waals surface area contributed by atoms with Gasteiger partial charge < -0.3 is 10.6 Å². The quantitative estimate of drug-likeness (QED) is 0.886. The molecule has 0 bridgehead atoms. The van der Waals surface area contributed by atoms with E-state index in [0.29, 0.717) is 12.6 Å². The van der Waals surface area contributed by atoms with E-state index in [0.717, 1.165) is 24.6 Å². The lowest BCUT2D eigenvalue weighted by atomic mass is 9.94. The number of hydrogen-bond acceptors (Lipinski definition) is 4. The molecule has 0 radical (unpaired) electrons. The van der Waals surface area contributed by atoms with Gasteiger partial charge in [-0.25, -0.2) is 9.97 Å². The van der Waals surface area contributed by atoms with E-state index in [4.69, 9.17) is 5.73 Å². The van der Waals surface area contributed by atoms with Crippen LogP contribution < -0.4 is 10.6 Å². The molecule has 1 aromatic heterocycles. The molecule has 1 aromatic carbocycles. The van der Waals surface area contributed by atoms with Crippen LogP contribution in [0.1, 0.15) is 17.0 Å². The number of hydrogen-bond donors (Lipinski definition) is 1. The number of aryl methyl sites for hydroxylation is 1. The number of nitrogens with zero attached hydrogens (tertiary/aromatic N) is 3. The highest BCUT2D eigenvalue weighted by Crippen LogP contribution is 2.26. The first-order chi connectivity index (χ1) is 9.28. The SMILES string of the molecule is Cc1nccc(N2Cc3ccccc3CC2CN)n1. The highest BCUT2D eigenvalue weighted by molar-refractivity contribution is 5.45. The van der Waals surface area contributed by atoms with E-state index in [2.05, 4.69) is 39.1 Å². The third kappa shape index (κ3) is 2.31.